The smallest absolute Gasteiger partial charge is 0.308 e. The van der Waals surface area contributed by atoms with Crippen LogP contribution in [0.15, 0.2) is 43.2 Å². The van der Waals surface area contributed by atoms with Crippen LogP contribution in [-0.2, 0) is 16.1 Å². The van der Waals surface area contributed by atoms with Crippen LogP contribution in [0.2, 0.25) is 0 Å². The van der Waals surface area contributed by atoms with Gasteiger partial charge in [0.15, 0.2) is 0 Å². The van der Waals surface area contributed by atoms with E-state index in [1.807, 2.05) is 16.8 Å². The lowest BCUT2D eigenvalue weighted by atomic mass is 9.90. The fourth-order valence-electron chi connectivity index (χ4n) is 3.18. The van der Waals surface area contributed by atoms with E-state index >= 15 is 0 Å². The Bertz CT molecular complexity index is 687. The Labute approximate surface area is 140 Å². The van der Waals surface area contributed by atoms with E-state index in [9.17, 15) is 14.7 Å². The molecule has 3 rings (SSSR count). The van der Waals surface area contributed by atoms with Crippen LogP contribution in [0.1, 0.15) is 24.3 Å². The quantitative estimate of drug-likeness (QED) is 0.865. The number of carboxylic acid groups (broad SMARTS) is 1. The fraction of sp³-hybridized carbons (Fsp3) is 0.412. The van der Waals surface area contributed by atoms with Crippen molar-refractivity contribution in [3.05, 3.63) is 48.8 Å². The molecule has 1 fully saturated rings. The number of aliphatic carboxylic acids is 1. The van der Waals surface area contributed by atoms with Crippen LogP contribution in [0.3, 0.4) is 0 Å². The maximum atomic E-state index is 12.4. The Morgan fingerprint density at radius 1 is 1.25 bits per heavy atom. The third kappa shape index (κ3) is 3.61. The van der Waals surface area contributed by atoms with Gasteiger partial charge in [-0.1, -0.05) is 6.07 Å². The minimum absolute atomic E-state index is 0.00718. The maximum absolute atomic E-state index is 12.4. The largest absolute Gasteiger partial charge is 0.481 e. The Balaban J connectivity index is 1.60. The summed E-state index contributed by atoms with van der Waals surface area (Å²) in [6.07, 6.45) is 9.75. The molecule has 3 heterocycles. The Hall–Kier alpha value is -2.70. The minimum Gasteiger partial charge on any atom is -0.481 e. The third-order valence-corrected chi connectivity index (χ3v) is 4.47. The van der Waals surface area contributed by atoms with Crippen molar-refractivity contribution in [2.75, 3.05) is 13.1 Å². The zero-order chi connectivity index (χ0) is 16.9. The molecule has 24 heavy (non-hydrogen) atoms. The Morgan fingerprint density at radius 2 is 2.12 bits per heavy atom. The summed E-state index contributed by atoms with van der Waals surface area (Å²) in [6, 6.07) is 3.67. The van der Waals surface area contributed by atoms with Gasteiger partial charge in [-0.05, 0) is 18.1 Å². The standard InChI is InChI=1S/C17H20N4O3/c22-16(4-2-7-20-8-6-19-12-20)21-10-14(15(11-21)17(23)24)13-3-1-5-18-9-13/h1,3,5-6,8-9,12,14-15H,2,4,7,10-11H2,(H,23,24)/t14-,15+/m0/s1. The number of aromatic nitrogens is 3. The summed E-state index contributed by atoms with van der Waals surface area (Å²) < 4.78 is 1.93. The van der Waals surface area contributed by atoms with Crippen molar-refractivity contribution in [2.24, 2.45) is 5.92 Å². The van der Waals surface area contributed by atoms with Gasteiger partial charge in [-0.15, -0.1) is 0 Å². The fourth-order valence-corrected chi connectivity index (χ4v) is 3.18. The topological polar surface area (TPSA) is 88.3 Å². The lowest BCUT2D eigenvalue weighted by Gasteiger charge is -2.16. The normalized spacial score (nSPS) is 20.2. The van der Waals surface area contributed by atoms with Crippen LogP contribution in [-0.4, -0.2) is 49.5 Å². The van der Waals surface area contributed by atoms with E-state index < -0.39 is 11.9 Å². The monoisotopic (exact) mass is 328 g/mol. The lowest BCUT2D eigenvalue weighted by Crippen LogP contribution is -2.29. The molecule has 7 heteroatoms. The predicted molar refractivity (Wildman–Crippen MR) is 86.1 cm³/mol. The zero-order valence-corrected chi connectivity index (χ0v) is 13.3. The number of carboxylic acids is 1. The third-order valence-electron chi connectivity index (χ3n) is 4.47. The number of aryl methyl sites for hydroxylation is 1. The summed E-state index contributed by atoms with van der Waals surface area (Å²) in [4.78, 5) is 33.7. The van der Waals surface area contributed by atoms with Crippen molar-refractivity contribution in [1.82, 2.24) is 19.4 Å². The number of pyridine rings is 1. The molecule has 0 bridgehead atoms. The first-order valence-electron chi connectivity index (χ1n) is 8.01. The number of imidazole rings is 1. The molecule has 0 aliphatic carbocycles. The highest BCUT2D eigenvalue weighted by atomic mass is 16.4. The molecule has 2 aromatic rings. The molecule has 2 aromatic heterocycles. The van der Waals surface area contributed by atoms with Crippen molar-refractivity contribution in [3.8, 4) is 0 Å². The second kappa shape index (κ2) is 7.25. The highest BCUT2D eigenvalue weighted by Gasteiger charge is 2.40. The Kier molecular flexibility index (Phi) is 4.88. The molecule has 1 amide bonds. The number of nitrogens with zero attached hydrogens (tertiary/aromatic N) is 4. The molecule has 126 valence electrons. The van der Waals surface area contributed by atoms with Crippen LogP contribution in [0.5, 0.6) is 0 Å². The van der Waals surface area contributed by atoms with Crippen molar-refractivity contribution in [2.45, 2.75) is 25.3 Å². The van der Waals surface area contributed by atoms with E-state index in [4.69, 9.17) is 0 Å². The predicted octanol–water partition coefficient (Wildman–Crippen LogP) is 1.39. The van der Waals surface area contributed by atoms with Gasteiger partial charge in [-0.2, -0.15) is 0 Å². The summed E-state index contributed by atoms with van der Waals surface area (Å²) in [5.74, 6) is -1.63. The first-order valence-corrected chi connectivity index (χ1v) is 8.01. The molecule has 0 radical (unpaired) electrons. The number of likely N-dealkylation sites (tertiary alicyclic amines) is 1. The average molecular weight is 328 g/mol. The van der Waals surface area contributed by atoms with Crippen LogP contribution in [0, 0.1) is 5.92 Å². The van der Waals surface area contributed by atoms with Crippen molar-refractivity contribution in [3.63, 3.8) is 0 Å². The first-order chi connectivity index (χ1) is 11.6. The summed E-state index contributed by atoms with van der Waals surface area (Å²) in [7, 11) is 0. The number of carbonyl (C=O) groups is 2. The van der Waals surface area contributed by atoms with E-state index in [0.717, 1.165) is 12.1 Å². The van der Waals surface area contributed by atoms with E-state index in [1.165, 1.54) is 0 Å². The molecular weight excluding hydrogens is 308 g/mol. The SMILES string of the molecule is O=C(O)[C@@H]1CN(C(=O)CCCn2ccnc2)C[C@H]1c1cccnc1. The van der Waals surface area contributed by atoms with Crippen LogP contribution in [0.4, 0.5) is 0 Å². The maximum Gasteiger partial charge on any atom is 0.308 e. The van der Waals surface area contributed by atoms with Gasteiger partial charge in [0.05, 0.1) is 12.2 Å². The molecule has 0 saturated carbocycles. The second-order valence-electron chi connectivity index (χ2n) is 6.04. The van der Waals surface area contributed by atoms with Gasteiger partial charge < -0.3 is 14.6 Å². The van der Waals surface area contributed by atoms with E-state index in [0.29, 0.717) is 19.4 Å². The average Bonchev–Trinajstić information content (AvgIpc) is 3.25. The van der Waals surface area contributed by atoms with Crippen LogP contribution in [0.25, 0.3) is 0 Å². The second-order valence-corrected chi connectivity index (χ2v) is 6.04. The van der Waals surface area contributed by atoms with Crippen molar-refractivity contribution >= 4 is 11.9 Å². The summed E-state index contributed by atoms with van der Waals surface area (Å²) >= 11 is 0. The molecule has 7 nitrogen and oxygen atoms in total. The molecule has 0 aromatic carbocycles. The van der Waals surface area contributed by atoms with E-state index in [2.05, 4.69) is 9.97 Å². The van der Waals surface area contributed by atoms with Crippen molar-refractivity contribution < 1.29 is 14.7 Å². The number of carbonyl (C=O) groups excluding carboxylic acids is 1. The number of hydrogen-bond acceptors (Lipinski definition) is 4. The van der Waals surface area contributed by atoms with E-state index in [-0.39, 0.29) is 18.4 Å². The van der Waals surface area contributed by atoms with E-state index in [1.54, 1.807) is 35.9 Å². The lowest BCUT2D eigenvalue weighted by molar-refractivity contribution is -0.141. The zero-order valence-electron chi connectivity index (χ0n) is 13.3. The van der Waals surface area contributed by atoms with Gasteiger partial charge in [0.2, 0.25) is 5.91 Å². The van der Waals surface area contributed by atoms with Gasteiger partial charge in [0.1, 0.15) is 0 Å². The molecule has 1 saturated heterocycles. The summed E-state index contributed by atoms with van der Waals surface area (Å²) in [5.41, 5.74) is 0.874. The Morgan fingerprint density at radius 3 is 2.79 bits per heavy atom. The van der Waals surface area contributed by atoms with Crippen LogP contribution < -0.4 is 0 Å². The highest BCUT2D eigenvalue weighted by molar-refractivity contribution is 5.79. The van der Waals surface area contributed by atoms with Gasteiger partial charge in [0.25, 0.3) is 0 Å². The highest BCUT2D eigenvalue weighted by Crippen LogP contribution is 2.32. The molecule has 0 unspecified atom stereocenters. The first kappa shape index (κ1) is 16.2. The molecule has 1 aliphatic rings. The van der Waals surface area contributed by atoms with Gasteiger partial charge in [-0.25, -0.2) is 4.98 Å². The molecule has 1 aliphatic heterocycles. The summed E-state index contributed by atoms with van der Waals surface area (Å²) in [5, 5.41) is 9.48. The van der Waals surface area contributed by atoms with Gasteiger partial charge >= 0.3 is 5.97 Å². The van der Waals surface area contributed by atoms with Crippen molar-refractivity contribution in [1.29, 1.82) is 0 Å². The van der Waals surface area contributed by atoms with Crippen LogP contribution >= 0.6 is 0 Å². The summed E-state index contributed by atoms with van der Waals surface area (Å²) in [6.45, 7) is 1.43. The number of hydrogen-bond donors (Lipinski definition) is 1. The number of amides is 1. The molecular formula is C17H20N4O3. The number of rotatable bonds is 6. The molecule has 1 N–H and O–H groups in total. The minimum atomic E-state index is -0.863. The molecule has 2 atom stereocenters. The van der Waals surface area contributed by atoms with Gasteiger partial charge in [0, 0.05) is 56.8 Å². The molecule has 0 spiro atoms. The van der Waals surface area contributed by atoms with Gasteiger partial charge in [-0.3, -0.25) is 14.6 Å².